The molecule has 0 unspecified atom stereocenters. The third-order valence-electron chi connectivity index (χ3n) is 3.36. The highest BCUT2D eigenvalue weighted by Crippen LogP contribution is 2.16. The molecular formula is C15H20N2. The van der Waals surface area contributed by atoms with Crippen LogP contribution in [-0.2, 0) is 13.1 Å². The van der Waals surface area contributed by atoms with Crippen molar-refractivity contribution in [3.63, 3.8) is 0 Å². The monoisotopic (exact) mass is 228 g/mol. The van der Waals surface area contributed by atoms with Crippen LogP contribution in [0.15, 0.2) is 30.3 Å². The van der Waals surface area contributed by atoms with E-state index in [0.717, 1.165) is 6.54 Å². The van der Waals surface area contributed by atoms with Gasteiger partial charge in [0.15, 0.2) is 0 Å². The maximum absolute atomic E-state index is 5.73. The predicted molar refractivity (Wildman–Crippen MR) is 72.1 cm³/mol. The van der Waals surface area contributed by atoms with Crippen LogP contribution in [0.1, 0.15) is 28.1 Å². The first-order valence-corrected chi connectivity index (χ1v) is 6.03. The fourth-order valence-corrected chi connectivity index (χ4v) is 2.20. The maximum Gasteiger partial charge on any atom is 0.0475 e. The smallest absolute Gasteiger partial charge is 0.0475 e. The van der Waals surface area contributed by atoms with Crippen molar-refractivity contribution in [3.05, 3.63) is 58.4 Å². The number of nitrogens with two attached hydrogens (primary N) is 1. The van der Waals surface area contributed by atoms with Gasteiger partial charge in [0.25, 0.3) is 0 Å². The number of hydrogen-bond acceptors (Lipinski definition) is 1. The normalized spacial score (nSPS) is 10.8. The Morgan fingerprint density at radius 3 is 2.24 bits per heavy atom. The molecule has 90 valence electrons. The van der Waals surface area contributed by atoms with Crippen molar-refractivity contribution < 1.29 is 0 Å². The molecule has 0 saturated carbocycles. The van der Waals surface area contributed by atoms with E-state index in [1.807, 2.05) is 0 Å². The van der Waals surface area contributed by atoms with Crippen LogP contribution in [0.3, 0.4) is 0 Å². The molecule has 0 aliphatic carbocycles. The van der Waals surface area contributed by atoms with Crippen molar-refractivity contribution in [2.75, 3.05) is 0 Å². The standard InChI is InChI=1S/C15H20N2/c1-11-4-6-14(7-5-11)10-17-12(2)8-15(9-16)13(17)3/h4-8H,9-10,16H2,1-3H3. The van der Waals surface area contributed by atoms with Gasteiger partial charge in [0.1, 0.15) is 0 Å². The van der Waals surface area contributed by atoms with E-state index in [-0.39, 0.29) is 0 Å². The van der Waals surface area contributed by atoms with Crippen molar-refractivity contribution in [2.24, 2.45) is 5.73 Å². The number of rotatable bonds is 3. The SMILES string of the molecule is Cc1ccc(Cn2c(C)cc(CN)c2C)cc1. The molecule has 0 amide bonds. The molecule has 2 N–H and O–H groups in total. The number of nitrogens with zero attached hydrogens (tertiary/aromatic N) is 1. The van der Waals surface area contributed by atoms with Crippen LogP contribution in [-0.4, -0.2) is 4.57 Å². The van der Waals surface area contributed by atoms with Crippen molar-refractivity contribution in [3.8, 4) is 0 Å². The lowest BCUT2D eigenvalue weighted by atomic mass is 10.1. The van der Waals surface area contributed by atoms with Gasteiger partial charge in [0.05, 0.1) is 0 Å². The summed E-state index contributed by atoms with van der Waals surface area (Å²) < 4.78 is 2.33. The summed E-state index contributed by atoms with van der Waals surface area (Å²) in [6.07, 6.45) is 0. The Hall–Kier alpha value is -1.54. The highest BCUT2D eigenvalue weighted by molar-refractivity contribution is 5.29. The van der Waals surface area contributed by atoms with Crippen LogP contribution < -0.4 is 5.73 Å². The van der Waals surface area contributed by atoms with E-state index in [0.29, 0.717) is 6.54 Å². The minimum atomic E-state index is 0.619. The molecule has 1 heterocycles. The van der Waals surface area contributed by atoms with E-state index in [4.69, 9.17) is 5.73 Å². The maximum atomic E-state index is 5.73. The topological polar surface area (TPSA) is 30.9 Å². The Balaban J connectivity index is 2.29. The average molecular weight is 228 g/mol. The van der Waals surface area contributed by atoms with Crippen molar-refractivity contribution in [2.45, 2.75) is 33.9 Å². The first-order chi connectivity index (χ1) is 8.11. The Morgan fingerprint density at radius 1 is 1.06 bits per heavy atom. The zero-order valence-corrected chi connectivity index (χ0v) is 10.8. The second-order valence-electron chi connectivity index (χ2n) is 4.67. The third kappa shape index (κ3) is 2.42. The summed E-state index contributed by atoms with van der Waals surface area (Å²) in [4.78, 5) is 0. The quantitative estimate of drug-likeness (QED) is 0.860. The zero-order valence-electron chi connectivity index (χ0n) is 10.8. The highest BCUT2D eigenvalue weighted by atomic mass is 15.0. The van der Waals surface area contributed by atoms with E-state index < -0.39 is 0 Å². The van der Waals surface area contributed by atoms with E-state index in [2.05, 4.69) is 55.7 Å². The summed E-state index contributed by atoms with van der Waals surface area (Å²) >= 11 is 0. The van der Waals surface area contributed by atoms with Crippen molar-refractivity contribution in [1.82, 2.24) is 4.57 Å². The zero-order chi connectivity index (χ0) is 12.4. The minimum Gasteiger partial charge on any atom is -0.344 e. The van der Waals surface area contributed by atoms with E-state index in [1.165, 1.54) is 28.1 Å². The van der Waals surface area contributed by atoms with Gasteiger partial charge in [0, 0.05) is 24.5 Å². The number of benzene rings is 1. The largest absolute Gasteiger partial charge is 0.344 e. The van der Waals surface area contributed by atoms with Crippen molar-refractivity contribution in [1.29, 1.82) is 0 Å². The number of aromatic nitrogens is 1. The molecule has 0 bridgehead atoms. The lowest BCUT2D eigenvalue weighted by Gasteiger charge is -2.10. The summed E-state index contributed by atoms with van der Waals surface area (Å²) in [5, 5.41) is 0. The summed E-state index contributed by atoms with van der Waals surface area (Å²) in [5.41, 5.74) is 12.2. The molecule has 2 aromatic rings. The molecule has 0 aliphatic rings. The second-order valence-corrected chi connectivity index (χ2v) is 4.67. The molecule has 2 nitrogen and oxygen atoms in total. The molecule has 2 heteroatoms. The van der Waals surface area contributed by atoms with Gasteiger partial charge in [0.2, 0.25) is 0 Å². The van der Waals surface area contributed by atoms with Gasteiger partial charge in [-0.2, -0.15) is 0 Å². The Bertz CT molecular complexity index is 506. The molecule has 0 spiro atoms. The summed E-state index contributed by atoms with van der Waals surface area (Å²) in [6, 6.07) is 10.9. The lowest BCUT2D eigenvalue weighted by molar-refractivity contribution is 0.744. The first-order valence-electron chi connectivity index (χ1n) is 6.03. The average Bonchev–Trinajstić information content (AvgIpc) is 2.59. The van der Waals surface area contributed by atoms with Crippen LogP contribution in [0.2, 0.25) is 0 Å². The van der Waals surface area contributed by atoms with Crippen molar-refractivity contribution >= 4 is 0 Å². The van der Waals surface area contributed by atoms with Crippen LogP contribution in [0.25, 0.3) is 0 Å². The summed E-state index contributed by atoms with van der Waals surface area (Å²) in [5.74, 6) is 0. The minimum absolute atomic E-state index is 0.619. The van der Waals surface area contributed by atoms with Gasteiger partial charge in [-0.25, -0.2) is 0 Å². The van der Waals surface area contributed by atoms with E-state index >= 15 is 0 Å². The molecule has 2 rings (SSSR count). The van der Waals surface area contributed by atoms with E-state index in [1.54, 1.807) is 0 Å². The molecule has 1 aromatic carbocycles. The Labute approximate surface area is 103 Å². The molecule has 0 atom stereocenters. The fraction of sp³-hybridized carbons (Fsp3) is 0.333. The van der Waals surface area contributed by atoms with Crippen LogP contribution in [0.5, 0.6) is 0 Å². The van der Waals surface area contributed by atoms with Gasteiger partial charge in [-0.1, -0.05) is 29.8 Å². The molecule has 0 aliphatic heterocycles. The molecule has 0 radical (unpaired) electrons. The van der Waals surface area contributed by atoms with Crippen LogP contribution in [0.4, 0.5) is 0 Å². The summed E-state index contributed by atoms with van der Waals surface area (Å²) in [7, 11) is 0. The number of aryl methyl sites for hydroxylation is 2. The van der Waals surface area contributed by atoms with E-state index in [9.17, 15) is 0 Å². The van der Waals surface area contributed by atoms with Gasteiger partial charge < -0.3 is 10.3 Å². The highest BCUT2D eigenvalue weighted by Gasteiger charge is 2.07. The summed E-state index contributed by atoms with van der Waals surface area (Å²) in [6.45, 7) is 7.94. The van der Waals surface area contributed by atoms with Gasteiger partial charge in [-0.05, 0) is 38.0 Å². The molecule has 1 aromatic heterocycles. The van der Waals surface area contributed by atoms with Gasteiger partial charge in [-0.3, -0.25) is 0 Å². The van der Waals surface area contributed by atoms with Gasteiger partial charge in [-0.15, -0.1) is 0 Å². The molecule has 17 heavy (non-hydrogen) atoms. The lowest BCUT2D eigenvalue weighted by Crippen LogP contribution is -2.05. The Kier molecular flexibility index (Phi) is 3.34. The third-order valence-corrected chi connectivity index (χ3v) is 3.36. The van der Waals surface area contributed by atoms with Crippen LogP contribution >= 0.6 is 0 Å². The Morgan fingerprint density at radius 2 is 1.71 bits per heavy atom. The first kappa shape index (κ1) is 11.9. The van der Waals surface area contributed by atoms with Crippen LogP contribution in [0, 0.1) is 20.8 Å². The molecular weight excluding hydrogens is 208 g/mol. The number of hydrogen-bond donors (Lipinski definition) is 1. The fourth-order valence-electron chi connectivity index (χ4n) is 2.20. The van der Waals surface area contributed by atoms with Gasteiger partial charge >= 0.3 is 0 Å². The molecule has 0 saturated heterocycles. The predicted octanol–water partition coefficient (Wildman–Crippen LogP) is 2.92. The molecule has 0 fully saturated rings. The second kappa shape index (κ2) is 4.76.